The van der Waals surface area contributed by atoms with E-state index in [-0.39, 0.29) is 163 Å². The normalized spacial score (nSPS) is 22.7. The number of pyridine rings is 1. The van der Waals surface area contributed by atoms with Crippen LogP contribution in [0, 0.1) is 40.9 Å². The van der Waals surface area contributed by atoms with E-state index in [4.69, 9.17) is 29.2 Å². The first-order chi connectivity index (χ1) is 56.0. The summed E-state index contributed by atoms with van der Waals surface area (Å²) in [6.07, 6.45) is 7.56. The number of carboxylic acids is 2. The number of rotatable bonds is 18. The first-order valence-electron chi connectivity index (χ1n) is 39.6. The predicted octanol–water partition coefficient (Wildman–Crippen LogP) is 4.01. The van der Waals surface area contributed by atoms with Gasteiger partial charge in [-0.3, -0.25) is 62.3 Å². The van der Waals surface area contributed by atoms with Crippen molar-refractivity contribution in [1.29, 1.82) is 0 Å². The topological polar surface area (TPSA) is 400 Å². The molecule has 10 saturated heterocycles. The molecule has 6 atom stereocenters. The summed E-state index contributed by atoms with van der Waals surface area (Å²) in [5.41, 5.74) is 2.25. The molecule has 10 aliphatic heterocycles. The number of β-lactam (4-membered cyclic amide) rings is 4. The second-order valence-corrected chi connectivity index (χ2v) is 30.8. The van der Waals surface area contributed by atoms with Crippen LogP contribution < -0.4 is 91.8 Å². The standard InChI is InChI=1S/3C17H22N2O3.C15H18N2O3.C7H11NO3.C6H9NO3.C6H5NO3.2CH4.CH3.K/c3*1-3-18-9-8-17(10-15(18)20)12-19(16(17)21)11-13-4-6-14(22-2)7-5-13;1-20-12-4-2-11(3-5-12)9-17-10-15(14(17)19)6-7-16-13(18)8-15;1-11-7(10)5-2-3-8-6(9)4-5;2*8-5-3-4(6(9)10)1-2-7-5;;;;/h3*4-7H,3,8-12H2,1-2H3;2-5H,6-10H2,1H3,(H,16,18);5H,2-4H2,1H3,(H,8,9);4H,1-3H2,(H,7,8)(H,9,10);1-3H,(H,7,8)(H,9,10);2*1H4;1H3;/q;;;;;;;;;-1;+1. The molecule has 0 aliphatic carbocycles. The summed E-state index contributed by atoms with van der Waals surface area (Å²) >= 11 is 0. The zero-order chi connectivity index (χ0) is 84.8. The van der Waals surface area contributed by atoms with Gasteiger partial charge in [0.2, 0.25) is 64.6 Å². The zero-order valence-electron chi connectivity index (χ0n) is 69.9. The minimum Gasteiger partial charge on any atom is -0.497 e. The second kappa shape index (κ2) is 46.7. The number of hydrogen-bond donors (Lipinski definition) is 6. The number of aromatic carboxylic acids is 1. The van der Waals surface area contributed by atoms with Gasteiger partial charge in [-0.2, -0.15) is 0 Å². The molecule has 5 aromatic rings. The van der Waals surface area contributed by atoms with Crippen LogP contribution in [0.3, 0.4) is 0 Å². The fourth-order valence-electron chi connectivity index (χ4n) is 16.1. The molecule has 10 aliphatic rings. The number of methoxy groups -OCH3 is 5. The number of likely N-dealkylation sites (tertiary alicyclic amines) is 7. The van der Waals surface area contributed by atoms with Crippen LogP contribution in [-0.4, -0.2) is 247 Å². The van der Waals surface area contributed by atoms with Crippen LogP contribution in [0.1, 0.15) is 145 Å². The first kappa shape index (κ1) is 101. The summed E-state index contributed by atoms with van der Waals surface area (Å²) in [5, 5.41) is 24.8. The molecule has 4 aromatic carbocycles. The molecule has 11 heterocycles. The summed E-state index contributed by atoms with van der Waals surface area (Å²) in [6.45, 7) is 17.2. The van der Waals surface area contributed by atoms with E-state index < -0.39 is 45.1 Å². The van der Waals surface area contributed by atoms with Crippen molar-refractivity contribution >= 4 is 77.0 Å². The van der Waals surface area contributed by atoms with E-state index in [1.54, 1.807) is 28.4 Å². The monoisotopic (exact) mass is 1710 g/mol. The molecule has 1 aromatic heterocycles. The number of aromatic nitrogens is 1. The number of ether oxygens (including phenoxy) is 5. The number of esters is 1. The Morgan fingerprint density at radius 2 is 0.719 bits per heavy atom. The summed E-state index contributed by atoms with van der Waals surface area (Å²) in [6, 6.07) is 33.3. The van der Waals surface area contributed by atoms with Crippen LogP contribution in [0.25, 0.3) is 0 Å². The number of carboxylic acid groups (broad SMARTS) is 2. The van der Waals surface area contributed by atoms with Gasteiger partial charge >= 0.3 is 69.3 Å². The van der Waals surface area contributed by atoms with Crippen LogP contribution >= 0.6 is 0 Å². The van der Waals surface area contributed by atoms with Gasteiger partial charge in [-0.05, 0) is 136 Å². The van der Waals surface area contributed by atoms with Gasteiger partial charge in [0.05, 0.1) is 74.6 Å². The third-order valence-corrected chi connectivity index (χ3v) is 23.1. The minimum atomic E-state index is -1.09. The van der Waals surface area contributed by atoms with E-state index >= 15 is 0 Å². The zero-order valence-corrected chi connectivity index (χ0v) is 73.0. The molecule has 10 amide bonds. The van der Waals surface area contributed by atoms with Crippen LogP contribution in [-0.2, 0) is 88.5 Å². The smallest absolute Gasteiger partial charge is 0.497 e. The fourth-order valence-corrected chi connectivity index (χ4v) is 16.1. The number of piperidine rings is 6. The van der Waals surface area contributed by atoms with Crippen molar-refractivity contribution in [2.75, 3.05) is 121 Å². The van der Waals surface area contributed by atoms with Crippen LogP contribution in [0.4, 0.5) is 0 Å². The van der Waals surface area contributed by atoms with Crippen LogP contribution in [0.15, 0.2) is 120 Å². The number of aliphatic carboxylic acids is 1. The van der Waals surface area contributed by atoms with E-state index in [1.165, 1.54) is 19.4 Å². The first-order valence-corrected chi connectivity index (χ1v) is 39.6. The number of carbonyl (C=O) groups excluding carboxylic acids is 11. The average molecular weight is 1710 g/mol. The summed E-state index contributed by atoms with van der Waals surface area (Å²) in [5.74, 6) is 0.957. The number of nitrogens with one attached hydrogen (secondary N) is 4. The van der Waals surface area contributed by atoms with Gasteiger partial charge in [-0.1, -0.05) is 63.4 Å². The van der Waals surface area contributed by atoms with E-state index in [0.29, 0.717) is 130 Å². The maximum Gasteiger partial charge on any atom is 1.00 e. The minimum absolute atomic E-state index is 0. The van der Waals surface area contributed by atoms with Gasteiger partial charge in [0.25, 0.3) is 0 Å². The van der Waals surface area contributed by atoms with E-state index in [2.05, 4.69) is 25.7 Å². The van der Waals surface area contributed by atoms with Gasteiger partial charge in [0, 0.05) is 162 Å². The molecular weight excluding hydrogens is 1590 g/mol. The Labute approximate surface area is 751 Å². The van der Waals surface area contributed by atoms with E-state index in [1.807, 2.05) is 152 Å². The Kier molecular flexibility index (Phi) is 39.1. The van der Waals surface area contributed by atoms with Crippen molar-refractivity contribution in [2.24, 2.45) is 33.5 Å². The second-order valence-electron chi connectivity index (χ2n) is 30.8. The fraction of sp³-hybridized carbons (Fsp3) is 0.511. The van der Waals surface area contributed by atoms with Gasteiger partial charge < -0.3 is 96.6 Å². The number of nitrogens with zero attached hydrogens (tertiary/aromatic N) is 7. The number of H-pyrrole nitrogens is 1. The molecule has 4 spiro atoms. The average Bonchev–Trinajstić information content (AvgIpc) is 0.751. The molecule has 6 N–H and O–H groups in total. The Hall–Kier alpha value is -10.2. The Bertz CT molecular complexity index is 4200. The summed E-state index contributed by atoms with van der Waals surface area (Å²) in [7, 11) is 7.88. The third-order valence-electron chi connectivity index (χ3n) is 23.1. The number of amides is 10. The van der Waals surface area contributed by atoms with Gasteiger partial charge in [-0.15, -0.1) is 0 Å². The molecule has 15 rings (SSSR count). The molecule has 121 heavy (non-hydrogen) atoms. The number of benzene rings is 4. The summed E-state index contributed by atoms with van der Waals surface area (Å²) in [4.78, 5) is 176. The molecule has 33 heteroatoms. The third kappa shape index (κ3) is 26.2. The molecule has 6 unspecified atom stereocenters. The molecule has 0 radical (unpaired) electrons. The van der Waals surface area contributed by atoms with Crippen molar-refractivity contribution < 1.29 is 148 Å². The van der Waals surface area contributed by atoms with Crippen LogP contribution in [0.5, 0.6) is 23.0 Å². The van der Waals surface area contributed by atoms with Crippen molar-refractivity contribution in [2.45, 2.75) is 139 Å². The Morgan fingerprint density at radius 3 is 0.959 bits per heavy atom. The van der Waals surface area contributed by atoms with Crippen molar-refractivity contribution in [1.82, 2.24) is 55.2 Å². The quantitative estimate of drug-likeness (QED) is 0.0312. The van der Waals surface area contributed by atoms with Crippen LogP contribution in [0.2, 0.25) is 0 Å². The molecule has 0 saturated carbocycles. The number of hydrogen-bond acceptors (Lipinski definition) is 19. The van der Waals surface area contributed by atoms with E-state index in [0.717, 1.165) is 96.6 Å². The Balaban J connectivity index is 0.000000255. The molecule has 10 fully saturated rings. The van der Waals surface area contributed by atoms with Gasteiger partial charge in [0.15, 0.2) is 0 Å². The molecule has 654 valence electrons. The van der Waals surface area contributed by atoms with Crippen molar-refractivity contribution in [3.05, 3.63) is 161 Å². The molecule has 0 bridgehead atoms. The maximum absolute atomic E-state index is 12.5. The number of carbonyl (C=O) groups is 13. The SMILES string of the molecule is C.C.CCN1CCC2(CC1=O)CN(Cc1ccc(OC)cc1)C2=O.CCN1CCC2(CC1=O)CN(Cc1ccc(OC)cc1)C2=O.CCN1CCC2(CC1=O)CN(Cc1ccc(OC)cc1)C2=O.COC(=O)C1CCNC(=O)C1.COc1ccc(CN2CC3(CCNC(=O)C3)C2=O)cc1.O=C(O)c1cc[nH]c(=O)c1.O=C1CC(C(=O)O)CCN1.[CH3-].[K+]. The van der Waals surface area contributed by atoms with Gasteiger partial charge in [0.1, 0.15) is 23.0 Å². The van der Waals surface area contributed by atoms with Crippen molar-refractivity contribution in [3.63, 3.8) is 0 Å². The largest absolute Gasteiger partial charge is 1.00 e. The summed E-state index contributed by atoms with van der Waals surface area (Å²) < 4.78 is 25.0. The van der Waals surface area contributed by atoms with E-state index in [9.17, 15) is 67.1 Å². The van der Waals surface area contributed by atoms with Gasteiger partial charge in [-0.25, -0.2) is 4.79 Å². The van der Waals surface area contributed by atoms with Crippen molar-refractivity contribution in [3.8, 4) is 23.0 Å². The molecule has 32 nitrogen and oxygen atoms in total. The Morgan fingerprint density at radius 1 is 0.413 bits per heavy atom. The molecular formula is C88H120KN11O21. The maximum atomic E-state index is 12.5. The number of aromatic amines is 1. The predicted molar refractivity (Wildman–Crippen MR) is 445 cm³/mol.